The first-order chi connectivity index (χ1) is 7.52. The lowest BCUT2D eigenvalue weighted by molar-refractivity contribution is 0.416. The second-order valence-corrected chi connectivity index (χ2v) is 4.31. The number of hydrogen-bond donors (Lipinski definition) is 1. The third-order valence-electron chi connectivity index (χ3n) is 2.45. The first-order valence-corrected chi connectivity index (χ1v) is 5.45. The minimum atomic E-state index is 0.131. The predicted molar refractivity (Wildman–Crippen MR) is 65.1 cm³/mol. The van der Waals surface area contributed by atoms with Crippen molar-refractivity contribution >= 4 is 23.2 Å². The van der Waals surface area contributed by atoms with E-state index >= 15 is 0 Å². The molecule has 0 spiro atoms. The van der Waals surface area contributed by atoms with E-state index in [9.17, 15) is 5.11 Å². The van der Waals surface area contributed by atoms with E-state index in [2.05, 4.69) is 5.10 Å². The number of aromatic nitrogens is 2. The van der Waals surface area contributed by atoms with Crippen molar-refractivity contribution in [1.82, 2.24) is 9.78 Å². The second-order valence-electron chi connectivity index (χ2n) is 3.52. The number of aromatic hydroxyl groups is 1. The molecule has 1 N–H and O–H groups in total. The molecule has 0 aliphatic carbocycles. The Morgan fingerprint density at radius 3 is 2.56 bits per heavy atom. The van der Waals surface area contributed by atoms with Crippen LogP contribution < -0.4 is 0 Å². The molecule has 2 rings (SSSR count). The molecule has 0 aliphatic heterocycles. The normalized spacial score (nSPS) is 10.8. The van der Waals surface area contributed by atoms with Gasteiger partial charge in [-0.1, -0.05) is 35.3 Å². The van der Waals surface area contributed by atoms with Crippen LogP contribution >= 0.6 is 23.2 Å². The minimum absolute atomic E-state index is 0.131. The van der Waals surface area contributed by atoms with Crippen LogP contribution in [0.1, 0.15) is 5.56 Å². The van der Waals surface area contributed by atoms with Gasteiger partial charge in [-0.05, 0) is 13.0 Å². The molecule has 1 aromatic carbocycles. The number of aryl methyl sites for hydroxylation is 1. The maximum Gasteiger partial charge on any atom is 0.212 e. The summed E-state index contributed by atoms with van der Waals surface area (Å²) < 4.78 is 1.40. The van der Waals surface area contributed by atoms with Crippen molar-refractivity contribution in [3.05, 3.63) is 33.8 Å². The SMILES string of the molecule is Cc1c(-c2cccc(Cl)c2Cl)nn(C)c1O. The van der Waals surface area contributed by atoms with E-state index in [0.717, 1.165) is 5.56 Å². The van der Waals surface area contributed by atoms with Gasteiger partial charge in [0.25, 0.3) is 0 Å². The lowest BCUT2D eigenvalue weighted by atomic mass is 10.1. The minimum Gasteiger partial charge on any atom is -0.493 e. The van der Waals surface area contributed by atoms with Gasteiger partial charge < -0.3 is 5.11 Å². The predicted octanol–water partition coefficient (Wildman–Crippen LogP) is 3.41. The van der Waals surface area contributed by atoms with Gasteiger partial charge in [0, 0.05) is 18.2 Å². The number of rotatable bonds is 1. The van der Waals surface area contributed by atoms with Crippen LogP contribution in [0.3, 0.4) is 0 Å². The van der Waals surface area contributed by atoms with E-state index < -0.39 is 0 Å². The molecular formula is C11H10Cl2N2O. The summed E-state index contributed by atoms with van der Waals surface area (Å²) in [5.74, 6) is 0.131. The summed E-state index contributed by atoms with van der Waals surface area (Å²) in [5.41, 5.74) is 2.06. The summed E-state index contributed by atoms with van der Waals surface area (Å²) in [4.78, 5) is 0. The van der Waals surface area contributed by atoms with Gasteiger partial charge in [-0.3, -0.25) is 0 Å². The Balaban J connectivity index is 2.68. The van der Waals surface area contributed by atoms with Crippen molar-refractivity contribution in [2.45, 2.75) is 6.92 Å². The molecule has 16 heavy (non-hydrogen) atoms. The average Bonchev–Trinajstić information content (AvgIpc) is 2.50. The Kier molecular flexibility index (Phi) is 2.82. The van der Waals surface area contributed by atoms with Gasteiger partial charge in [0.1, 0.15) is 5.69 Å². The first kappa shape index (κ1) is 11.3. The topological polar surface area (TPSA) is 38.0 Å². The molecule has 0 fully saturated rings. The van der Waals surface area contributed by atoms with E-state index in [4.69, 9.17) is 23.2 Å². The highest BCUT2D eigenvalue weighted by Gasteiger charge is 2.16. The van der Waals surface area contributed by atoms with Crippen molar-refractivity contribution in [3.8, 4) is 17.1 Å². The maximum absolute atomic E-state index is 9.67. The van der Waals surface area contributed by atoms with Crippen LogP contribution in [0.15, 0.2) is 18.2 Å². The molecule has 1 aromatic heterocycles. The third-order valence-corrected chi connectivity index (χ3v) is 3.27. The second kappa shape index (κ2) is 4.00. The van der Waals surface area contributed by atoms with E-state index in [1.165, 1.54) is 4.68 Å². The fourth-order valence-electron chi connectivity index (χ4n) is 1.56. The summed E-state index contributed by atoms with van der Waals surface area (Å²) in [5, 5.41) is 14.8. The average molecular weight is 257 g/mol. The number of benzene rings is 1. The van der Waals surface area contributed by atoms with E-state index in [1.807, 2.05) is 6.07 Å². The van der Waals surface area contributed by atoms with Crippen LogP contribution in [0.5, 0.6) is 5.88 Å². The van der Waals surface area contributed by atoms with Gasteiger partial charge in [-0.25, -0.2) is 4.68 Å². The zero-order valence-corrected chi connectivity index (χ0v) is 10.3. The highest BCUT2D eigenvalue weighted by atomic mass is 35.5. The number of nitrogens with zero attached hydrogens (tertiary/aromatic N) is 2. The molecule has 1 heterocycles. The number of halogens is 2. The van der Waals surface area contributed by atoms with Gasteiger partial charge in [0.05, 0.1) is 10.0 Å². The molecule has 0 atom stereocenters. The van der Waals surface area contributed by atoms with Crippen molar-refractivity contribution in [3.63, 3.8) is 0 Å². The summed E-state index contributed by atoms with van der Waals surface area (Å²) >= 11 is 12.0. The van der Waals surface area contributed by atoms with Crippen molar-refractivity contribution in [2.75, 3.05) is 0 Å². The van der Waals surface area contributed by atoms with Gasteiger partial charge in [0.15, 0.2) is 0 Å². The monoisotopic (exact) mass is 256 g/mol. The third kappa shape index (κ3) is 1.66. The smallest absolute Gasteiger partial charge is 0.212 e. The first-order valence-electron chi connectivity index (χ1n) is 4.69. The Morgan fingerprint density at radius 1 is 1.31 bits per heavy atom. The molecule has 0 unspecified atom stereocenters. The largest absolute Gasteiger partial charge is 0.493 e. The zero-order valence-electron chi connectivity index (χ0n) is 8.83. The summed E-state index contributed by atoms with van der Waals surface area (Å²) in [6, 6.07) is 5.34. The zero-order chi connectivity index (χ0) is 11.9. The van der Waals surface area contributed by atoms with E-state index in [0.29, 0.717) is 21.3 Å². The van der Waals surface area contributed by atoms with E-state index in [-0.39, 0.29) is 5.88 Å². The van der Waals surface area contributed by atoms with Gasteiger partial charge in [-0.15, -0.1) is 0 Å². The fourth-order valence-corrected chi connectivity index (χ4v) is 1.95. The van der Waals surface area contributed by atoms with Crippen LogP contribution in [0.2, 0.25) is 10.0 Å². The molecule has 2 aromatic rings. The fraction of sp³-hybridized carbons (Fsp3) is 0.182. The molecule has 0 bridgehead atoms. The van der Waals surface area contributed by atoms with Crippen LogP contribution in [-0.4, -0.2) is 14.9 Å². The molecule has 0 amide bonds. The Hall–Kier alpha value is -1.19. The summed E-state index contributed by atoms with van der Waals surface area (Å²) in [6.45, 7) is 1.79. The van der Waals surface area contributed by atoms with Gasteiger partial charge >= 0.3 is 0 Å². The van der Waals surface area contributed by atoms with Crippen LogP contribution in [0, 0.1) is 6.92 Å². The molecule has 5 heteroatoms. The van der Waals surface area contributed by atoms with Crippen molar-refractivity contribution in [1.29, 1.82) is 0 Å². The van der Waals surface area contributed by atoms with Gasteiger partial charge in [0.2, 0.25) is 5.88 Å². The van der Waals surface area contributed by atoms with Crippen molar-refractivity contribution in [2.24, 2.45) is 7.05 Å². The lowest BCUT2D eigenvalue weighted by Gasteiger charge is -2.03. The number of hydrogen-bond acceptors (Lipinski definition) is 2. The molecule has 0 saturated carbocycles. The molecule has 84 valence electrons. The highest BCUT2D eigenvalue weighted by molar-refractivity contribution is 6.43. The molecule has 0 aliphatic rings. The van der Waals surface area contributed by atoms with Crippen LogP contribution in [0.4, 0.5) is 0 Å². The van der Waals surface area contributed by atoms with Crippen molar-refractivity contribution < 1.29 is 5.11 Å². The molecule has 0 radical (unpaired) electrons. The quantitative estimate of drug-likeness (QED) is 0.850. The Bertz CT molecular complexity index is 549. The standard InChI is InChI=1S/C11H10Cl2N2O/c1-6-10(14-15(2)11(6)16)7-4-3-5-8(12)9(7)13/h3-5,16H,1-2H3. The Morgan fingerprint density at radius 2 is 2.00 bits per heavy atom. The molecule has 3 nitrogen and oxygen atoms in total. The van der Waals surface area contributed by atoms with E-state index in [1.54, 1.807) is 26.1 Å². The lowest BCUT2D eigenvalue weighted by Crippen LogP contribution is -1.89. The summed E-state index contributed by atoms with van der Waals surface area (Å²) in [7, 11) is 1.67. The van der Waals surface area contributed by atoms with Crippen LogP contribution in [0.25, 0.3) is 11.3 Å². The molecule has 0 saturated heterocycles. The highest BCUT2D eigenvalue weighted by Crippen LogP contribution is 2.36. The maximum atomic E-state index is 9.67. The summed E-state index contributed by atoms with van der Waals surface area (Å²) in [6.07, 6.45) is 0. The molecular weight excluding hydrogens is 247 g/mol. The van der Waals surface area contributed by atoms with Crippen LogP contribution in [-0.2, 0) is 7.05 Å². The van der Waals surface area contributed by atoms with Gasteiger partial charge in [-0.2, -0.15) is 5.10 Å². The Labute approximate surface area is 103 Å².